The third kappa shape index (κ3) is 2.94. The highest BCUT2D eigenvalue weighted by Crippen LogP contribution is 2.37. The molecule has 6 heteroatoms. The molecule has 0 saturated carbocycles. The minimum Gasteiger partial charge on any atom is -0.434 e. The lowest BCUT2D eigenvalue weighted by molar-refractivity contribution is -0.126. The predicted octanol–water partition coefficient (Wildman–Crippen LogP) is 1.95. The molecule has 3 N–H and O–H groups in total. The number of carbonyl (C=O) groups is 2. The number of primary amides is 1. The topological polar surface area (TPSA) is 84.7 Å². The van der Waals surface area contributed by atoms with Crippen molar-refractivity contribution >= 4 is 23.4 Å². The van der Waals surface area contributed by atoms with Gasteiger partial charge in [-0.25, -0.2) is 4.79 Å². The fourth-order valence-electron chi connectivity index (χ4n) is 2.87. The van der Waals surface area contributed by atoms with E-state index in [1.165, 1.54) is 0 Å². The van der Waals surface area contributed by atoms with Gasteiger partial charge < -0.3 is 20.7 Å². The first-order chi connectivity index (χ1) is 9.71. The zero-order chi connectivity index (χ0) is 15.8. The standard InChI is InChI=1S/C15H21N3O3/c1-15(2,3)12-11(21-14(16)20)13(19)17-9-7-5-6-8-10(9)18(12)4/h5-8,11-12H,1-4H3,(H2,16,20)(H,17,19)/t11?,12-/m1/s1. The molecule has 0 fully saturated rings. The summed E-state index contributed by atoms with van der Waals surface area (Å²) in [4.78, 5) is 25.6. The molecule has 1 heterocycles. The number of nitrogens with two attached hydrogens (primary N) is 1. The highest BCUT2D eigenvalue weighted by atomic mass is 16.6. The van der Waals surface area contributed by atoms with Crippen LogP contribution in [0.3, 0.4) is 0 Å². The van der Waals surface area contributed by atoms with Gasteiger partial charge in [0.2, 0.25) is 6.10 Å². The van der Waals surface area contributed by atoms with Crippen LogP contribution in [-0.2, 0) is 9.53 Å². The summed E-state index contributed by atoms with van der Waals surface area (Å²) in [5, 5.41) is 2.80. The number of benzene rings is 1. The number of ether oxygens (including phenoxy) is 1. The van der Waals surface area contributed by atoms with E-state index in [0.29, 0.717) is 5.69 Å². The summed E-state index contributed by atoms with van der Waals surface area (Å²) in [6, 6.07) is 7.13. The number of fused-ring (bicyclic) bond motifs is 1. The number of anilines is 2. The van der Waals surface area contributed by atoms with Gasteiger partial charge in [-0.05, 0) is 17.5 Å². The molecule has 0 saturated heterocycles. The lowest BCUT2D eigenvalue weighted by atomic mass is 9.82. The van der Waals surface area contributed by atoms with E-state index >= 15 is 0 Å². The van der Waals surface area contributed by atoms with Crippen molar-refractivity contribution in [3.8, 4) is 0 Å². The summed E-state index contributed by atoms with van der Waals surface area (Å²) in [7, 11) is 1.88. The van der Waals surface area contributed by atoms with Crippen molar-refractivity contribution in [2.75, 3.05) is 17.3 Å². The summed E-state index contributed by atoms with van der Waals surface area (Å²) < 4.78 is 5.11. The Hall–Kier alpha value is -2.24. The molecule has 0 radical (unpaired) electrons. The Morgan fingerprint density at radius 2 is 1.95 bits per heavy atom. The molecule has 0 aliphatic carbocycles. The van der Waals surface area contributed by atoms with E-state index in [1.54, 1.807) is 0 Å². The molecule has 0 bridgehead atoms. The van der Waals surface area contributed by atoms with Crippen molar-refractivity contribution in [3.05, 3.63) is 24.3 Å². The molecule has 1 aromatic rings. The normalized spacial score (nSPS) is 22.1. The molecule has 2 rings (SSSR count). The first-order valence-electron chi connectivity index (χ1n) is 6.80. The number of amides is 2. The third-order valence-electron chi connectivity index (χ3n) is 3.63. The average molecular weight is 291 g/mol. The van der Waals surface area contributed by atoms with Gasteiger partial charge in [-0.1, -0.05) is 32.9 Å². The van der Waals surface area contributed by atoms with Gasteiger partial charge in [0.05, 0.1) is 17.4 Å². The van der Waals surface area contributed by atoms with E-state index in [1.807, 2.05) is 57.0 Å². The van der Waals surface area contributed by atoms with Gasteiger partial charge in [-0.3, -0.25) is 4.79 Å². The van der Waals surface area contributed by atoms with E-state index in [0.717, 1.165) is 5.69 Å². The number of hydrogen-bond donors (Lipinski definition) is 2. The number of nitrogens with zero attached hydrogens (tertiary/aromatic N) is 1. The smallest absolute Gasteiger partial charge is 0.405 e. The fourth-order valence-corrected chi connectivity index (χ4v) is 2.87. The molecule has 1 unspecified atom stereocenters. The zero-order valence-corrected chi connectivity index (χ0v) is 12.7. The highest BCUT2D eigenvalue weighted by molar-refractivity contribution is 6.00. The summed E-state index contributed by atoms with van der Waals surface area (Å²) in [6.07, 6.45) is -1.93. The van der Waals surface area contributed by atoms with Crippen LogP contribution < -0.4 is 16.0 Å². The molecule has 0 aromatic heterocycles. The van der Waals surface area contributed by atoms with Crippen molar-refractivity contribution in [3.63, 3.8) is 0 Å². The van der Waals surface area contributed by atoms with Gasteiger partial charge >= 0.3 is 6.09 Å². The minimum atomic E-state index is -0.972. The van der Waals surface area contributed by atoms with Crippen LogP contribution >= 0.6 is 0 Å². The first-order valence-corrected chi connectivity index (χ1v) is 6.80. The van der Waals surface area contributed by atoms with E-state index in [2.05, 4.69) is 5.32 Å². The molecule has 2 atom stereocenters. The largest absolute Gasteiger partial charge is 0.434 e. The van der Waals surface area contributed by atoms with E-state index < -0.39 is 12.2 Å². The average Bonchev–Trinajstić information content (AvgIpc) is 2.45. The number of carbonyl (C=O) groups excluding carboxylic acids is 2. The van der Waals surface area contributed by atoms with Crippen LogP contribution in [0.2, 0.25) is 0 Å². The first kappa shape index (κ1) is 15.2. The molecule has 2 amide bonds. The SMILES string of the molecule is CN1c2ccccc2NC(=O)C(OC(N)=O)[C@@H]1C(C)(C)C. The van der Waals surface area contributed by atoms with E-state index in [9.17, 15) is 9.59 Å². The Labute approximate surface area is 124 Å². The quantitative estimate of drug-likeness (QED) is 0.828. The number of nitrogens with one attached hydrogen (secondary N) is 1. The van der Waals surface area contributed by atoms with Gasteiger partial charge in [-0.15, -0.1) is 0 Å². The van der Waals surface area contributed by atoms with Crippen LogP contribution in [0, 0.1) is 5.41 Å². The summed E-state index contributed by atoms with van der Waals surface area (Å²) in [5.74, 6) is -0.370. The van der Waals surface area contributed by atoms with Crippen molar-refractivity contribution < 1.29 is 14.3 Å². The maximum absolute atomic E-state index is 12.4. The Morgan fingerprint density at radius 3 is 2.52 bits per heavy atom. The van der Waals surface area contributed by atoms with Crippen molar-refractivity contribution in [2.24, 2.45) is 11.1 Å². The summed E-state index contributed by atoms with van der Waals surface area (Å²) >= 11 is 0. The second-order valence-electron chi connectivity index (χ2n) is 6.29. The fraction of sp³-hybridized carbons (Fsp3) is 0.467. The monoisotopic (exact) mass is 291 g/mol. The maximum Gasteiger partial charge on any atom is 0.405 e. The third-order valence-corrected chi connectivity index (χ3v) is 3.63. The molecule has 114 valence electrons. The Kier molecular flexibility index (Phi) is 3.80. The molecule has 6 nitrogen and oxygen atoms in total. The van der Waals surface area contributed by atoms with Gasteiger partial charge in [-0.2, -0.15) is 0 Å². The van der Waals surface area contributed by atoms with Crippen LogP contribution in [0.5, 0.6) is 0 Å². The Bertz CT molecular complexity index is 566. The minimum absolute atomic E-state index is 0.302. The lowest BCUT2D eigenvalue weighted by Crippen LogP contribution is -2.54. The van der Waals surface area contributed by atoms with Crippen LogP contribution in [0.1, 0.15) is 20.8 Å². The second-order valence-corrected chi connectivity index (χ2v) is 6.29. The van der Waals surface area contributed by atoms with E-state index in [-0.39, 0.29) is 17.4 Å². The van der Waals surface area contributed by atoms with Crippen LogP contribution in [0.15, 0.2) is 24.3 Å². The van der Waals surface area contributed by atoms with Crippen molar-refractivity contribution in [1.29, 1.82) is 0 Å². The number of para-hydroxylation sites is 2. The lowest BCUT2D eigenvalue weighted by Gasteiger charge is -2.40. The molecular weight excluding hydrogens is 270 g/mol. The number of hydrogen-bond acceptors (Lipinski definition) is 4. The van der Waals surface area contributed by atoms with Crippen LogP contribution in [-0.4, -0.2) is 31.2 Å². The highest BCUT2D eigenvalue weighted by Gasteiger charge is 2.44. The number of rotatable bonds is 1. The molecule has 1 aromatic carbocycles. The predicted molar refractivity (Wildman–Crippen MR) is 81.2 cm³/mol. The van der Waals surface area contributed by atoms with Gasteiger partial charge in [0, 0.05) is 7.05 Å². The van der Waals surface area contributed by atoms with Crippen LogP contribution in [0.25, 0.3) is 0 Å². The van der Waals surface area contributed by atoms with E-state index in [4.69, 9.17) is 10.5 Å². The zero-order valence-electron chi connectivity index (χ0n) is 12.7. The summed E-state index contributed by atoms with van der Waals surface area (Å²) in [5.41, 5.74) is 6.40. The van der Waals surface area contributed by atoms with Crippen molar-refractivity contribution in [1.82, 2.24) is 0 Å². The molecule has 0 spiro atoms. The second kappa shape index (κ2) is 5.27. The number of likely N-dealkylation sites (N-methyl/N-ethyl adjacent to an activating group) is 1. The van der Waals surface area contributed by atoms with Crippen LogP contribution in [0.4, 0.5) is 16.2 Å². The van der Waals surface area contributed by atoms with Gasteiger partial charge in [0.1, 0.15) is 0 Å². The van der Waals surface area contributed by atoms with Gasteiger partial charge in [0.15, 0.2) is 0 Å². The molecule has 1 aliphatic heterocycles. The molecular formula is C15H21N3O3. The molecule has 21 heavy (non-hydrogen) atoms. The maximum atomic E-state index is 12.4. The summed E-state index contributed by atoms with van der Waals surface area (Å²) in [6.45, 7) is 5.98. The Balaban J connectivity index is 2.53. The van der Waals surface area contributed by atoms with Gasteiger partial charge in [0.25, 0.3) is 5.91 Å². The molecule has 1 aliphatic rings. The Morgan fingerprint density at radius 1 is 1.33 bits per heavy atom. The van der Waals surface area contributed by atoms with Crippen molar-refractivity contribution in [2.45, 2.75) is 32.9 Å².